The van der Waals surface area contributed by atoms with E-state index in [0.717, 1.165) is 19.3 Å². The van der Waals surface area contributed by atoms with Crippen LogP contribution in [0.3, 0.4) is 0 Å². The Balaban J connectivity index is 1.38. The fourth-order valence-corrected chi connectivity index (χ4v) is 3.91. The van der Waals surface area contributed by atoms with Gasteiger partial charge in [-0.05, 0) is 30.7 Å². The monoisotopic (exact) mass is 426 g/mol. The lowest BCUT2D eigenvalue weighted by molar-refractivity contribution is -0.138. The van der Waals surface area contributed by atoms with Crippen LogP contribution in [0.4, 0.5) is 18.3 Å². The number of rotatable bonds is 6. The highest BCUT2D eigenvalue weighted by atomic mass is 32.1. The van der Waals surface area contributed by atoms with Crippen molar-refractivity contribution in [2.75, 3.05) is 18.4 Å². The van der Waals surface area contributed by atoms with Crippen molar-refractivity contribution in [2.45, 2.75) is 38.3 Å². The molecule has 1 fully saturated rings. The van der Waals surface area contributed by atoms with Crippen LogP contribution in [-0.4, -0.2) is 40.0 Å². The Morgan fingerprint density at radius 2 is 1.79 bits per heavy atom. The first kappa shape index (κ1) is 21.2. The van der Waals surface area contributed by atoms with Crippen molar-refractivity contribution in [3.8, 4) is 0 Å². The second-order valence-electron chi connectivity index (χ2n) is 6.97. The summed E-state index contributed by atoms with van der Waals surface area (Å²) in [6.07, 6.45) is -1.87. The van der Waals surface area contributed by atoms with E-state index in [-0.39, 0.29) is 35.2 Å². The summed E-state index contributed by atoms with van der Waals surface area (Å²) in [7, 11) is 0. The molecule has 0 spiro atoms. The van der Waals surface area contributed by atoms with Crippen molar-refractivity contribution in [1.82, 2.24) is 15.1 Å². The van der Waals surface area contributed by atoms with Crippen LogP contribution >= 0.6 is 11.3 Å². The van der Waals surface area contributed by atoms with Gasteiger partial charge in [0.2, 0.25) is 22.0 Å². The SMILES string of the molecule is O=C(CCC(=O)N1CCC(Cc2ccccc2)CC1)Nc1nnc(C(F)(F)F)s1. The zero-order valence-electron chi connectivity index (χ0n) is 15.6. The lowest BCUT2D eigenvalue weighted by Crippen LogP contribution is -2.39. The van der Waals surface area contributed by atoms with E-state index < -0.39 is 17.1 Å². The van der Waals surface area contributed by atoms with Gasteiger partial charge in [0.25, 0.3) is 0 Å². The average molecular weight is 426 g/mol. The molecule has 2 aromatic rings. The largest absolute Gasteiger partial charge is 0.445 e. The van der Waals surface area contributed by atoms with Crippen LogP contribution in [0.2, 0.25) is 0 Å². The summed E-state index contributed by atoms with van der Waals surface area (Å²) in [5.74, 6) is -0.140. The topological polar surface area (TPSA) is 75.2 Å². The molecule has 1 aliphatic heterocycles. The van der Waals surface area contributed by atoms with E-state index in [1.807, 2.05) is 18.2 Å². The molecule has 6 nitrogen and oxygen atoms in total. The number of benzene rings is 1. The number of carbonyl (C=O) groups is 2. The lowest BCUT2D eigenvalue weighted by atomic mass is 9.90. The number of aromatic nitrogens is 2. The van der Waals surface area contributed by atoms with Crippen LogP contribution in [0.1, 0.15) is 36.3 Å². The molecule has 1 aliphatic rings. The van der Waals surface area contributed by atoms with Gasteiger partial charge in [0.15, 0.2) is 0 Å². The highest BCUT2D eigenvalue weighted by molar-refractivity contribution is 7.15. The zero-order valence-corrected chi connectivity index (χ0v) is 16.4. The van der Waals surface area contributed by atoms with Crippen molar-refractivity contribution in [2.24, 2.45) is 5.92 Å². The van der Waals surface area contributed by atoms with Crippen molar-refractivity contribution < 1.29 is 22.8 Å². The van der Waals surface area contributed by atoms with E-state index in [2.05, 4.69) is 27.6 Å². The zero-order chi connectivity index (χ0) is 20.9. The van der Waals surface area contributed by atoms with Gasteiger partial charge in [0.05, 0.1) is 0 Å². The molecule has 29 heavy (non-hydrogen) atoms. The van der Waals surface area contributed by atoms with Gasteiger partial charge in [-0.3, -0.25) is 9.59 Å². The maximum Gasteiger partial charge on any atom is 0.445 e. The lowest BCUT2D eigenvalue weighted by Gasteiger charge is -2.32. The van der Waals surface area contributed by atoms with Crippen molar-refractivity contribution in [3.05, 3.63) is 40.9 Å². The molecule has 1 aromatic carbocycles. The number of likely N-dealkylation sites (tertiary alicyclic amines) is 1. The Morgan fingerprint density at radius 3 is 2.41 bits per heavy atom. The van der Waals surface area contributed by atoms with E-state index >= 15 is 0 Å². The Bertz CT molecular complexity index is 833. The van der Waals surface area contributed by atoms with Gasteiger partial charge < -0.3 is 10.2 Å². The Hall–Kier alpha value is -2.49. The van der Waals surface area contributed by atoms with E-state index in [1.54, 1.807) is 4.90 Å². The van der Waals surface area contributed by atoms with Crippen LogP contribution in [0.15, 0.2) is 30.3 Å². The molecule has 0 aliphatic carbocycles. The average Bonchev–Trinajstić information content (AvgIpc) is 3.16. The third kappa shape index (κ3) is 6.25. The Labute approximate surface area is 170 Å². The van der Waals surface area contributed by atoms with Crippen LogP contribution < -0.4 is 5.32 Å². The molecule has 0 unspecified atom stereocenters. The Morgan fingerprint density at radius 1 is 1.10 bits per heavy atom. The van der Waals surface area contributed by atoms with Crippen molar-refractivity contribution >= 4 is 28.3 Å². The van der Waals surface area contributed by atoms with Gasteiger partial charge in [0, 0.05) is 25.9 Å². The molecule has 0 saturated carbocycles. The minimum atomic E-state index is -4.59. The van der Waals surface area contributed by atoms with E-state index in [9.17, 15) is 22.8 Å². The van der Waals surface area contributed by atoms with Gasteiger partial charge in [-0.2, -0.15) is 13.2 Å². The molecule has 0 bridgehead atoms. The number of halogens is 3. The molecule has 1 saturated heterocycles. The third-order valence-corrected chi connectivity index (χ3v) is 5.70. The quantitative estimate of drug-likeness (QED) is 0.763. The number of carbonyl (C=O) groups excluding carboxylic acids is 2. The van der Waals surface area contributed by atoms with Gasteiger partial charge in [-0.15, -0.1) is 10.2 Å². The number of piperidine rings is 1. The molecule has 1 aromatic heterocycles. The first-order chi connectivity index (χ1) is 13.8. The van der Waals surface area contributed by atoms with Crippen LogP contribution in [-0.2, 0) is 22.2 Å². The molecular weight excluding hydrogens is 405 g/mol. The summed E-state index contributed by atoms with van der Waals surface area (Å²) in [6.45, 7) is 1.31. The van der Waals surface area contributed by atoms with Gasteiger partial charge in [-0.25, -0.2) is 0 Å². The van der Waals surface area contributed by atoms with E-state index in [0.29, 0.717) is 19.0 Å². The maximum absolute atomic E-state index is 12.5. The van der Waals surface area contributed by atoms with Gasteiger partial charge in [0.1, 0.15) is 0 Å². The second kappa shape index (κ2) is 9.34. The highest BCUT2D eigenvalue weighted by Crippen LogP contribution is 2.33. The number of hydrogen-bond donors (Lipinski definition) is 1. The van der Waals surface area contributed by atoms with Crippen molar-refractivity contribution in [3.63, 3.8) is 0 Å². The molecule has 3 rings (SSSR count). The fraction of sp³-hybridized carbons (Fsp3) is 0.474. The summed E-state index contributed by atoms with van der Waals surface area (Å²) in [5, 5.41) is 7.22. The second-order valence-corrected chi connectivity index (χ2v) is 7.95. The Kier molecular flexibility index (Phi) is 6.83. The molecule has 0 atom stereocenters. The normalized spacial score (nSPS) is 15.3. The van der Waals surface area contributed by atoms with Gasteiger partial charge in [-0.1, -0.05) is 41.7 Å². The van der Waals surface area contributed by atoms with Crippen LogP contribution in [0.5, 0.6) is 0 Å². The first-order valence-corrected chi connectivity index (χ1v) is 10.1. The molecule has 2 amide bonds. The van der Waals surface area contributed by atoms with E-state index in [1.165, 1.54) is 5.56 Å². The number of nitrogens with zero attached hydrogens (tertiary/aromatic N) is 3. The number of nitrogens with one attached hydrogen (secondary N) is 1. The number of alkyl halides is 3. The predicted molar refractivity (Wildman–Crippen MR) is 102 cm³/mol. The minimum absolute atomic E-state index is 0.0140. The first-order valence-electron chi connectivity index (χ1n) is 9.33. The summed E-state index contributed by atoms with van der Waals surface area (Å²) < 4.78 is 37.5. The molecule has 10 heteroatoms. The number of amides is 2. The molecule has 156 valence electrons. The summed E-state index contributed by atoms with van der Waals surface area (Å²) in [5.41, 5.74) is 1.29. The summed E-state index contributed by atoms with van der Waals surface area (Å²) in [6, 6.07) is 10.2. The number of hydrogen-bond acceptors (Lipinski definition) is 5. The molecule has 2 heterocycles. The fourth-order valence-electron chi connectivity index (χ4n) is 3.28. The smallest absolute Gasteiger partial charge is 0.343 e. The highest BCUT2D eigenvalue weighted by Gasteiger charge is 2.35. The van der Waals surface area contributed by atoms with Gasteiger partial charge >= 0.3 is 6.18 Å². The number of anilines is 1. The van der Waals surface area contributed by atoms with E-state index in [4.69, 9.17) is 0 Å². The standard InChI is InChI=1S/C19H21F3N4O2S/c20-19(21,22)17-24-25-18(29-17)23-15(27)6-7-16(28)26-10-8-14(9-11-26)12-13-4-2-1-3-5-13/h1-5,14H,6-12H2,(H,23,25,27). The minimum Gasteiger partial charge on any atom is -0.343 e. The van der Waals surface area contributed by atoms with Crippen LogP contribution in [0, 0.1) is 5.92 Å². The van der Waals surface area contributed by atoms with Crippen LogP contribution in [0.25, 0.3) is 0 Å². The summed E-state index contributed by atoms with van der Waals surface area (Å²) >= 11 is 0.257. The summed E-state index contributed by atoms with van der Waals surface area (Å²) in [4.78, 5) is 26.0. The molecular formula is C19H21F3N4O2S. The maximum atomic E-state index is 12.5. The molecule has 1 N–H and O–H groups in total. The third-order valence-electron chi connectivity index (χ3n) is 4.81. The molecule has 0 radical (unpaired) electrons. The van der Waals surface area contributed by atoms with Crippen molar-refractivity contribution in [1.29, 1.82) is 0 Å². The predicted octanol–water partition coefficient (Wildman–Crippen LogP) is 3.76.